The zero-order valence-corrected chi connectivity index (χ0v) is 16.1. The smallest absolute Gasteiger partial charge is 0.255 e. The van der Waals surface area contributed by atoms with Crippen molar-refractivity contribution in [2.75, 3.05) is 10.6 Å². The van der Waals surface area contributed by atoms with Crippen LogP contribution in [0.15, 0.2) is 83.4 Å². The summed E-state index contributed by atoms with van der Waals surface area (Å²) in [6.07, 6.45) is 0. The first kappa shape index (κ1) is 19.1. The Morgan fingerprint density at radius 1 is 0.767 bits per heavy atom. The number of carbonyl (C=O) groups is 2. The molecule has 148 valence electrons. The lowest BCUT2D eigenvalue weighted by Crippen LogP contribution is -2.13. The van der Waals surface area contributed by atoms with Crippen molar-refractivity contribution in [3.63, 3.8) is 0 Å². The van der Waals surface area contributed by atoms with Crippen molar-refractivity contribution < 1.29 is 14.1 Å². The van der Waals surface area contributed by atoms with Gasteiger partial charge in [0.25, 0.3) is 11.8 Å². The average Bonchev–Trinajstić information content (AvgIpc) is 3.21. The topological polar surface area (TPSA) is 97.1 Å². The molecule has 3 aromatic carbocycles. The summed E-state index contributed by atoms with van der Waals surface area (Å²) in [6.45, 7) is 1.72. The molecular formula is C23H18N4O3. The molecule has 7 heteroatoms. The van der Waals surface area contributed by atoms with Gasteiger partial charge in [-0.15, -0.1) is 0 Å². The van der Waals surface area contributed by atoms with Crippen LogP contribution >= 0.6 is 0 Å². The molecule has 0 saturated carbocycles. The van der Waals surface area contributed by atoms with E-state index in [0.717, 1.165) is 5.56 Å². The van der Waals surface area contributed by atoms with E-state index in [1.165, 1.54) is 0 Å². The molecule has 7 nitrogen and oxygen atoms in total. The van der Waals surface area contributed by atoms with Gasteiger partial charge in [-0.05, 0) is 48.5 Å². The predicted octanol–water partition coefficient (Wildman–Crippen LogP) is 4.55. The van der Waals surface area contributed by atoms with Crippen molar-refractivity contribution in [3.8, 4) is 11.4 Å². The summed E-state index contributed by atoms with van der Waals surface area (Å²) in [7, 11) is 0. The lowest BCUT2D eigenvalue weighted by Gasteiger charge is -2.08. The summed E-state index contributed by atoms with van der Waals surface area (Å²) in [5.41, 5.74) is 2.99. The molecule has 1 heterocycles. The minimum Gasteiger partial charge on any atom is -0.339 e. The molecule has 2 N–H and O–H groups in total. The number of hydrogen-bond acceptors (Lipinski definition) is 5. The number of anilines is 2. The van der Waals surface area contributed by atoms with Crippen LogP contribution in [-0.4, -0.2) is 22.0 Å². The number of aromatic nitrogens is 2. The van der Waals surface area contributed by atoms with Gasteiger partial charge in [0.1, 0.15) is 0 Å². The van der Waals surface area contributed by atoms with Gasteiger partial charge in [0.15, 0.2) is 0 Å². The second kappa shape index (κ2) is 8.40. The first-order valence-corrected chi connectivity index (χ1v) is 9.27. The van der Waals surface area contributed by atoms with Gasteiger partial charge in [0.2, 0.25) is 11.7 Å². The number of benzene rings is 3. The minimum atomic E-state index is -0.266. The second-order valence-electron chi connectivity index (χ2n) is 6.57. The fourth-order valence-corrected chi connectivity index (χ4v) is 2.85. The van der Waals surface area contributed by atoms with Crippen LogP contribution in [0.5, 0.6) is 0 Å². The molecule has 2 amide bonds. The quantitative estimate of drug-likeness (QED) is 0.514. The maximum Gasteiger partial charge on any atom is 0.255 e. The zero-order chi connectivity index (χ0) is 20.9. The van der Waals surface area contributed by atoms with Crippen molar-refractivity contribution in [3.05, 3.63) is 95.9 Å². The van der Waals surface area contributed by atoms with Gasteiger partial charge in [-0.3, -0.25) is 9.59 Å². The highest BCUT2D eigenvalue weighted by molar-refractivity contribution is 6.06. The lowest BCUT2D eigenvalue weighted by atomic mass is 10.1. The van der Waals surface area contributed by atoms with Crippen LogP contribution in [0.4, 0.5) is 11.4 Å². The Bertz CT molecular complexity index is 1180. The van der Waals surface area contributed by atoms with Crippen LogP contribution in [-0.2, 0) is 0 Å². The Labute approximate surface area is 172 Å². The highest BCUT2D eigenvalue weighted by Gasteiger charge is 2.10. The van der Waals surface area contributed by atoms with E-state index in [4.69, 9.17) is 4.52 Å². The third kappa shape index (κ3) is 4.41. The molecule has 0 bridgehead atoms. The summed E-state index contributed by atoms with van der Waals surface area (Å²) in [4.78, 5) is 29.0. The van der Waals surface area contributed by atoms with Gasteiger partial charge >= 0.3 is 0 Å². The second-order valence-corrected chi connectivity index (χ2v) is 6.57. The molecule has 0 radical (unpaired) electrons. The maximum atomic E-state index is 12.6. The minimum absolute atomic E-state index is 0.207. The SMILES string of the molecule is Cc1nc(-c2cccc(NC(=O)c3ccc(NC(=O)c4ccccc4)cc3)c2)no1. The zero-order valence-electron chi connectivity index (χ0n) is 16.1. The molecule has 30 heavy (non-hydrogen) atoms. The molecule has 4 rings (SSSR count). The molecule has 1 aromatic heterocycles. The summed E-state index contributed by atoms with van der Waals surface area (Å²) < 4.78 is 5.00. The highest BCUT2D eigenvalue weighted by atomic mass is 16.5. The van der Waals surface area contributed by atoms with E-state index in [0.29, 0.717) is 34.2 Å². The number of hydrogen-bond donors (Lipinski definition) is 2. The lowest BCUT2D eigenvalue weighted by molar-refractivity contribution is 0.102. The van der Waals surface area contributed by atoms with Gasteiger partial charge in [-0.25, -0.2) is 0 Å². The molecule has 0 atom stereocenters. The Morgan fingerprint density at radius 2 is 1.43 bits per heavy atom. The molecule has 4 aromatic rings. The van der Waals surface area contributed by atoms with Gasteiger partial charge in [-0.2, -0.15) is 4.98 Å². The molecular weight excluding hydrogens is 380 g/mol. The van der Waals surface area contributed by atoms with E-state index in [-0.39, 0.29) is 11.8 Å². The molecule has 0 saturated heterocycles. The Morgan fingerprint density at radius 3 is 2.10 bits per heavy atom. The van der Waals surface area contributed by atoms with Crippen molar-refractivity contribution in [2.45, 2.75) is 6.92 Å². The third-order valence-electron chi connectivity index (χ3n) is 4.35. The van der Waals surface area contributed by atoms with Gasteiger partial charge in [-0.1, -0.05) is 35.5 Å². The third-order valence-corrected chi connectivity index (χ3v) is 4.35. The van der Waals surface area contributed by atoms with Crippen LogP contribution in [0.3, 0.4) is 0 Å². The normalized spacial score (nSPS) is 10.4. The summed E-state index contributed by atoms with van der Waals surface area (Å²) in [5, 5.41) is 9.54. The van der Waals surface area contributed by atoms with E-state index < -0.39 is 0 Å². The summed E-state index contributed by atoms with van der Waals surface area (Å²) >= 11 is 0. The van der Waals surface area contributed by atoms with E-state index in [2.05, 4.69) is 20.8 Å². The summed E-state index contributed by atoms with van der Waals surface area (Å²) in [6, 6.07) is 22.8. The van der Waals surface area contributed by atoms with Crippen LogP contribution < -0.4 is 10.6 Å². The number of aryl methyl sites for hydroxylation is 1. The van der Waals surface area contributed by atoms with Crippen LogP contribution in [0, 0.1) is 6.92 Å². The fraction of sp³-hybridized carbons (Fsp3) is 0.0435. The van der Waals surface area contributed by atoms with Crippen molar-refractivity contribution >= 4 is 23.2 Å². The molecule has 0 aliphatic rings. The number of nitrogens with one attached hydrogen (secondary N) is 2. The Hall–Kier alpha value is -4.26. The molecule has 0 unspecified atom stereocenters. The number of carbonyl (C=O) groups excluding carboxylic acids is 2. The Balaban J connectivity index is 1.42. The van der Waals surface area contributed by atoms with E-state index in [1.807, 2.05) is 12.1 Å². The van der Waals surface area contributed by atoms with Crippen LogP contribution in [0.2, 0.25) is 0 Å². The number of rotatable bonds is 5. The largest absolute Gasteiger partial charge is 0.339 e. The van der Waals surface area contributed by atoms with E-state index in [9.17, 15) is 9.59 Å². The standard InChI is InChI=1S/C23H18N4O3/c1-15-24-21(27-30-15)18-8-5-9-20(14-18)26-23(29)17-10-12-19(13-11-17)25-22(28)16-6-3-2-4-7-16/h2-14H,1H3,(H,25,28)(H,26,29). The van der Waals surface area contributed by atoms with E-state index >= 15 is 0 Å². The van der Waals surface area contributed by atoms with Crippen LogP contribution in [0.1, 0.15) is 26.6 Å². The van der Waals surface area contributed by atoms with Crippen molar-refractivity contribution in [1.29, 1.82) is 0 Å². The van der Waals surface area contributed by atoms with Crippen molar-refractivity contribution in [1.82, 2.24) is 10.1 Å². The number of amides is 2. The fourth-order valence-electron chi connectivity index (χ4n) is 2.85. The monoisotopic (exact) mass is 398 g/mol. The van der Waals surface area contributed by atoms with Gasteiger partial charge < -0.3 is 15.2 Å². The highest BCUT2D eigenvalue weighted by Crippen LogP contribution is 2.21. The number of nitrogens with zero attached hydrogens (tertiary/aromatic N) is 2. The average molecular weight is 398 g/mol. The first-order valence-electron chi connectivity index (χ1n) is 9.27. The molecule has 0 fully saturated rings. The van der Waals surface area contributed by atoms with E-state index in [1.54, 1.807) is 73.7 Å². The Kier molecular flexibility index (Phi) is 5.34. The van der Waals surface area contributed by atoms with Gasteiger partial charge in [0.05, 0.1) is 0 Å². The molecule has 0 aliphatic carbocycles. The van der Waals surface area contributed by atoms with Crippen molar-refractivity contribution in [2.24, 2.45) is 0 Å². The predicted molar refractivity (Wildman–Crippen MR) is 113 cm³/mol. The maximum absolute atomic E-state index is 12.6. The first-order chi connectivity index (χ1) is 14.6. The summed E-state index contributed by atoms with van der Waals surface area (Å²) in [5.74, 6) is 0.458. The molecule has 0 aliphatic heterocycles. The molecule has 0 spiro atoms. The van der Waals surface area contributed by atoms with Crippen LogP contribution in [0.25, 0.3) is 11.4 Å². The van der Waals surface area contributed by atoms with Gasteiger partial charge in [0, 0.05) is 35.0 Å².